The highest BCUT2D eigenvalue weighted by Crippen LogP contribution is 2.36. The lowest BCUT2D eigenvalue weighted by atomic mass is 10.2. The van der Waals surface area contributed by atoms with E-state index in [1.807, 2.05) is 25.1 Å². The smallest absolute Gasteiger partial charge is 0.248 e. The lowest BCUT2D eigenvalue weighted by molar-refractivity contribution is -0.111. The van der Waals surface area contributed by atoms with Crippen molar-refractivity contribution in [3.8, 4) is 17.2 Å². The Morgan fingerprint density at radius 1 is 1.31 bits per heavy atom. The Kier molecular flexibility index (Phi) is 6.86. The maximum absolute atomic E-state index is 12.4. The van der Waals surface area contributed by atoms with Gasteiger partial charge in [0.15, 0.2) is 11.5 Å². The van der Waals surface area contributed by atoms with Gasteiger partial charge in [0.05, 0.1) is 30.1 Å². The van der Waals surface area contributed by atoms with Crippen LogP contribution in [0.5, 0.6) is 11.5 Å². The van der Waals surface area contributed by atoms with Crippen molar-refractivity contribution in [3.63, 3.8) is 0 Å². The number of hydrogen-bond donors (Lipinski definition) is 1. The zero-order valence-electron chi connectivity index (χ0n) is 16.1. The van der Waals surface area contributed by atoms with Crippen molar-refractivity contribution in [3.05, 3.63) is 65.7 Å². The van der Waals surface area contributed by atoms with E-state index < -0.39 is 0 Å². The van der Waals surface area contributed by atoms with E-state index in [2.05, 4.69) is 15.4 Å². The number of anilines is 1. The molecular weight excluding hydrogens is 392 g/mol. The molecule has 0 saturated heterocycles. The predicted octanol–water partition coefficient (Wildman–Crippen LogP) is 4.37. The Bertz CT molecular complexity index is 1000. The van der Waals surface area contributed by atoms with Crippen molar-refractivity contribution in [1.29, 1.82) is 0 Å². The summed E-state index contributed by atoms with van der Waals surface area (Å²) in [6.07, 6.45) is 6.94. The maximum atomic E-state index is 12.4. The fraction of sp³-hybridized carbons (Fsp3) is 0.190. The molecule has 0 bridgehead atoms. The molecule has 3 aromatic rings. The quantitative estimate of drug-likeness (QED) is 0.556. The molecule has 0 aliphatic heterocycles. The number of nitrogens with one attached hydrogen (secondary N) is 1. The molecule has 150 valence electrons. The Morgan fingerprint density at radius 3 is 2.86 bits per heavy atom. The van der Waals surface area contributed by atoms with Gasteiger partial charge in [0.25, 0.3) is 0 Å². The Morgan fingerprint density at radius 2 is 2.14 bits per heavy atom. The highest BCUT2D eigenvalue weighted by atomic mass is 35.5. The molecule has 2 aromatic carbocycles. The second-order valence-electron chi connectivity index (χ2n) is 6.06. The first kappa shape index (κ1) is 20.4. The summed E-state index contributed by atoms with van der Waals surface area (Å²) in [4.78, 5) is 16.4. The largest absolute Gasteiger partial charge is 0.493 e. The minimum absolute atomic E-state index is 0.293. The van der Waals surface area contributed by atoms with Gasteiger partial charge in [0.1, 0.15) is 12.7 Å². The molecule has 0 atom stereocenters. The van der Waals surface area contributed by atoms with E-state index in [1.165, 1.54) is 12.4 Å². The highest BCUT2D eigenvalue weighted by Gasteiger charge is 2.11. The summed E-state index contributed by atoms with van der Waals surface area (Å²) < 4.78 is 12.6. The van der Waals surface area contributed by atoms with Crippen molar-refractivity contribution in [1.82, 2.24) is 14.8 Å². The first-order chi connectivity index (χ1) is 14.1. The number of rotatable bonds is 8. The van der Waals surface area contributed by atoms with Crippen LogP contribution in [0, 0.1) is 0 Å². The Labute approximate surface area is 173 Å². The van der Waals surface area contributed by atoms with Crippen LogP contribution in [-0.4, -0.2) is 34.4 Å². The second kappa shape index (κ2) is 9.75. The second-order valence-corrected chi connectivity index (χ2v) is 6.47. The van der Waals surface area contributed by atoms with Gasteiger partial charge >= 0.3 is 0 Å². The molecule has 0 aliphatic carbocycles. The van der Waals surface area contributed by atoms with Crippen LogP contribution in [0.3, 0.4) is 0 Å². The molecule has 1 aromatic heterocycles. The number of amides is 1. The van der Waals surface area contributed by atoms with Crippen LogP contribution in [0.25, 0.3) is 11.8 Å². The van der Waals surface area contributed by atoms with Gasteiger partial charge in [0.2, 0.25) is 5.91 Å². The molecule has 0 aliphatic rings. The molecular formula is C21H21ClN4O3. The zero-order valence-corrected chi connectivity index (χ0v) is 16.9. The summed E-state index contributed by atoms with van der Waals surface area (Å²) in [5.74, 6) is 0.723. The van der Waals surface area contributed by atoms with Crippen molar-refractivity contribution in [2.45, 2.75) is 13.3 Å². The average molecular weight is 413 g/mol. The van der Waals surface area contributed by atoms with Crippen molar-refractivity contribution < 1.29 is 14.3 Å². The lowest BCUT2D eigenvalue weighted by Gasteiger charge is -2.12. The van der Waals surface area contributed by atoms with Crippen molar-refractivity contribution >= 4 is 29.3 Å². The summed E-state index contributed by atoms with van der Waals surface area (Å²) in [6.45, 7) is 2.55. The molecule has 29 heavy (non-hydrogen) atoms. The minimum atomic E-state index is -0.293. The SMILES string of the molecule is CCCOc1c(Cl)cc(/C=C/C(=O)Nc2ccccc2-n2cncn2)cc1OC. The number of carbonyl (C=O) groups is 1. The summed E-state index contributed by atoms with van der Waals surface area (Å²) in [7, 11) is 1.55. The van der Waals surface area contributed by atoms with Gasteiger partial charge in [-0.1, -0.05) is 30.7 Å². The van der Waals surface area contributed by atoms with Gasteiger partial charge in [-0.25, -0.2) is 9.67 Å². The third-order valence-corrected chi connectivity index (χ3v) is 4.24. The Balaban J connectivity index is 1.76. The molecule has 0 radical (unpaired) electrons. The predicted molar refractivity (Wildman–Crippen MR) is 113 cm³/mol. The third kappa shape index (κ3) is 5.14. The number of aromatic nitrogens is 3. The molecule has 8 heteroatoms. The monoisotopic (exact) mass is 412 g/mol. The van der Waals surface area contributed by atoms with Crippen molar-refractivity contribution in [2.24, 2.45) is 0 Å². The normalized spacial score (nSPS) is 10.9. The number of ether oxygens (including phenoxy) is 2. The summed E-state index contributed by atoms with van der Waals surface area (Å²) in [6, 6.07) is 10.8. The van der Waals surface area contributed by atoms with Crippen LogP contribution >= 0.6 is 11.6 Å². The molecule has 0 unspecified atom stereocenters. The molecule has 0 spiro atoms. The molecule has 0 fully saturated rings. The van der Waals surface area contributed by atoms with E-state index in [1.54, 1.807) is 42.4 Å². The maximum Gasteiger partial charge on any atom is 0.248 e. The van der Waals surface area contributed by atoms with Crippen LogP contribution in [0.1, 0.15) is 18.9 Å². The Hall–Kier alpha value is -3.32. The van der Waals surface area contributed by atoms with E-state index >= 15 is 0 Å². The van der Waals surface area contributed by atoms with Gasteiger partial charge in [-0.05, 0) is 42.3 Å². The van der Waals surface area contributed by atoms with Crippen LogP contribution in [-0.2, 0) is 4.79 Å². The van der Waals surface area contributed by atoms with Gasteiger partial charge in [-0.2, -0.15) is 5.10 Å². The molecule has 1 heterocycles. The van der Waals surface area contributed by atoms with Crippen LogP contribution < -0.4 is 14.8 Å². The van der Waals surface area contributed by atoms with Gasteiger partial charge < -0.3 is 14.8 Å². The standard InChI is InChI=1S/C21H21ClN4O3/c1-3-10-29-21-16(22)11-15(12-19(21)28-2)8-9-20(27)25-17-6-4-5-7-18(17)26-14-23-13-24-26/h4-9,11-14H,3,10H2,1-2H3,(H,25,27)/b9-8+. The minimum Gasteiger partial charge on any atom is -0.493 e. The number of nitrogens with zero attached hydrogens (tertiary/aromatic N) is 3. The van der Waals surface area contributed by atoms with Gasteiger partial charge in [-0.15, -0.1) is 0 Å². The van der Waals surface area contributed by atoms with Crippen molar-refractivity contribution in [2.75, 3.05) is 19.0 Å². The number of para-hydroxylation sites is 2. The highest BCUT2D eigenvalue weighted by molar-refractivity contribution is 6.32. The number of hydrogen-bond acceptors (Lipinski definition) is 5. The molecule has 0 saturated carbocycles. The first-order valence-corrected chi connectivity index (χ1v) is 9.43. The number of benzene rings is 2. The number of methoxy groups -OCH3 is 1. The van der Waals surface area contributed by atoms with Crippen LogP contribution in [0.2, 0.25) is 5.02 Å². The van der Waals surface area contributed by atoms with Crippen LogP contribution in [0.15, 0.2) is 55.1 Å². The molecule has 7 nitrogen and oxygen atoms in total. The van der Waals surface area contributed by atoms with E-state index in [4.69, 9.17) is 21.1 Å². The fourth-order valence-corrected chi connectivity index (χ4v) is 2.91. The first-order valence-electron chi connectivity index (χ1n) is 9.05. The number of carbonyl (C=O) groups excluding carboxylic acids is 1. The lowest BCUT2D eigenvalue weighted by Crippen LogP contribution is -2.10. The topological polar surface area (TPSA) is 78.3 Å². The summed E-state index contributed by atoms with van der Waals surface area (Å²) >= 11 is 6.32. The summed E-state index contributed by atoms with van der Waals surface area (Å²) in [5.41, 5.74) is 2.05. The zero-order chi connectivity index (χ0) is 20.6. The van der Waals surface area contributed by atoms with E-state index in [0.717, 1.165) is 12.0 Å². The molecule has 3 rings (SSSR count). The van der Waals surface area contributed by atoms with Gasteiger partial charge in [0, 0.05) is 6.08 Å². The molecule has 1 N–H and O–H groups in total. The van der Waals surface area contributed by atoms with E-state index in [0.29, 0.717) is 34.5 Å². The van der Waals surface area contributed by atoms with E-state index in [9.17, 15) is 4.79 Å². The van der Waals surface area contributed by atoms with Gasteiger partial charge in [-0.3, -0.25) is 4.79 Å². The summed E-state index contributed by atoms with van der Waals surface area (Å²) in [5, 5.41) is 7.38. The fourth-order valence-electron chi connectivity index (χ4n) is 2.64. The third-order valence-electron chi connectivity index (χ3n) is 3.96. The molecule has 1 amide bonds. The van der Waals surface area contributed by atoms with Crippen LogP contribution in [0.4, 0.5) is 5.69 Å². The average Bonchev–Trinajstić information content (AvgIpc) is 3.26. The number of halogens is 1. The van der Waals surface area contributed by atoms with E-state index in [-0.39, 0.29) is 5.91 Å².